The Kier molecular flexibility index (Phi) is 4.46. The Morgan fingerprint density at radius 2 is 2.09 bits per heavy atom. The zero-order valence-corrected chi connectivity index (χ0v) is 14.3. The second-order valence-corrected chi connectivity index (χ2v) is 7.14. The Balaban J connectivity index is 1.63. The van der Waals surface area contributed by atoms with Gasteiger partial charge >= 0.3 is 0 Å². The van der Waals surface area contributed by atoms with Crippen molar-refractivity contribution in [3.63, 3.8) is 0 Å². The van der Waals surface area contributed by atoms with Crippen LogP contribution < -0.4 is 5.32 Å². The van der Waals surface area contributed by atoms with E-state index in [1.54, 1.807) is 0 Å². The first-order valence-corrected chi connectivity index (χ1v) is 8.81. The van der Waals surface area contributed by atoms with E-state index in [-0.39, 0.29) is 23.8 Å². The average molecular weight is 317 g/mol. The van der Waals surface area contributed by atoms with Crippen molar-refractivity contribution in [3.8, 4) is 0 Å². The molecule has 2 heterocycles. The van der Waals surface area contributed by atoms with Crippen LogP contribution in [0.1, 0.15) is 67.7 Å². The van der Waals surface area contributed by atoms with Gasteiger partial charge in [-0.25, -0.2) is 0 Å². The zero-order valence-electron chi connectivity index (χ0n) is 14.3. The van der Waals surface area contributed by atoms with Crippen molar-refractivity contribution in [3.05, 3.63) is 23.0 Å². The molecule has 2 N–H and O–H groups in total. The smallest absolute Gasteiger partial charge is 0.270 e. The lowest BCUT2D eigenvalue weighted by molar-refractivity contribution is -0.122. The van der Waals surface area contributed by atoms with Gasteiger partial charge in [0, 0.05) is 30.7 Å². The minimum atomic E-state index is 0.0507. The predicted octanol–water partition coefficient (Wildman–Crippen LogP) is 2.44. The summed E-state index contributed by atoms with van der Waals surface area (Å²) in [7, 11) is 0. The van der Waals surface area contributed by atoms with Crippen LogP contribution in [0.3, 0.4) is 0 Å². The SMILES string of the molecule is CCc1[nH]c(C(=O)N2CC[C@H](NC(=O)C3CC3)C2)cc1C(C)C. The highest BCUT2D eigenvalue weighted by Gasteiger charge is 2.34. The number of carbonyl (C=O) groups excluding carboxylic acids is 2. The minimum absolute atomic E-state index is 0.0507. The molecule has 1 aromatic rings. The molecule has 5 heteroatoms. The second kappa shape index (κ2) is 6.38. The highest BCUT2D eigenvalue weighted by atomic mass is 16.2. The van der Waals surface area contributed by atoms with Gasteiger partial charge in [0.25, 0.3) is 5.91 Å². The third kappa shape index (κ3) is 3.43. The Morgan fingerprint density at radius 3 is 2.65 bits per heavy atom. The van der Waals surface area contributed by atoms with Gasteiger partial charge in [-0.3, -0.25) is 9.59 Å². The van der Waals surface area contributed by atoms with E-state index in [1.165, 1.54) is 5.56 Å². The Morgan fingerprint density at radius 1 is 1.35 bits per heavy atom. The molecule has 2 aliphatic rings. The summed E-state index contributed by atoms with van der Waals surface area (Å²) in [5.41, 5.74) is 3.06. The van der Waals surface area contributed by atoms with Gasteiger partial charge in [-0.1, -0.05) is 20.8 Å². The van der Waals surface area contributed by atoms with Gasteiger partial charge in [-0.2, -0.15) is 0 Å². The van der Waals surface area contributed by atoms with Crippen LogP contribution in [0.2, 0.25) is 0 Å². The molecule has 5 nitrogen and oxygen atoms in total. The van der Waals surface area contributed by atoms with Crippen LogP contribution in [-0.4, -0.2) is 40.8 Å². The summed E-state index contributed by atoms with van der Waals surface area (Å²) < 4.78 is 0. The maximum atomic E-state index is 12.7. The van der Waals surface area contributed by atoms with Crippen molar-refractivity contribution < 1.29 is 9.59 Å². The summed E-state index contributed by atoms with van der Waals surface area (Å²) in [5.74, 6) is 0.852. The number of hydrogen-bond donors (Lipinski definition) is 2. The van der Waals surface area contributed by atoms with E-state index in [9.17, 15) is 9.59 Å². The average Bonchev–Trinajstić information content (AvgIpc) is 3.12. The number of likely N-dealkylation sites (tertiary alicyclic amines) is 1. The first-order valence-electron chi connectivity index (χ1n) is 8.81. The largest absolute Gasteiger partial charge is 0.354 e. The zero-order chi connectivity index (χ0) is 16.6. The number of nitrogens with zero attached hydrogens (tertiary/aromatic N) is 1. The van der Waals surface area contributed by atoms with Crippen molar-refractivity contribution in [2.75, 3.05) is 13.1 Å². The van der Waals surface area contributed by atoms with Gasteiger partial charge in [0.05, 0.1) is 0 Å². The van der Waals surface area contributed by atoms with Crippen LogP contribution in [-0.2, 0) is 11.2 Å². The lowest BCUT2D eigenvalue weighted by Crippen LogP contribution is -2.39. The summed E-state index contributed by atoms with van der Waals surface area (Å²) in [6, 6.07) is 2.11. The van der Waals surface area contributed by atoms with Gasteiger partial charge in [-0.05, 0) is 43.2 Å². The third-order valence-electron chi connectivity index (χ3n) is 4.91. The second-order valence-electron chi connectivity index (χ2n) is 7.14. The number of amides is 2. The molecule has 1 saturated carbocycles. The molecule has 23 heavy (non-hydrogen) atoms. The monoisotopic (exact) mass is 317 g/mol. The van der Waals surface area contributed by atoms with E-state index in [1.807, 2.05) is 11.0 Å². The topological polar surface area (TPSA) is 65.2 Å². The van der Waals surface area contributed by atoms with Crippen LogP contribution in [0.25, 0.3) is 0 Å². The van der Waals surface area contributed by atoms with Crippen LogP contribution >= 0.6 is 0 Å². The molecule has 1 saturated heterocycles. The fraction of sp³-hybridized carbons (Fsp3) is 0.667. The number of aromatic amines is 1. The summed E-state index contributed by atoms with van der Waals surface area (Å²) in [4.78, 5) is 29.7. The number of carbonyl (C=O) groups is 2. The molecule has 126 valence electrons. The first kappa shape index (κ1) is 16.1. The predicted molar refractivity (Wildman–Crippen MR) is 89.4 cm³/mol. The molecule has 1 aromatic heterocycles. The summed E-state index contributed by atoms with van der Waals surface area (Å²) in [5, 5.41) is 3.08. The molecule has 0 radical (unpaired) electrons. The quantitative estimate of drug-likeness (QED) is 0.876. The molecule has 0 aromatic carbocycles. The van der Waals surface area contributed by atoms with Gasteiger partial charge in [0.1, 0.15) is 5.69 Å². The number of hydrogen-bond acceptors (Lipinski definition) is 2. The molecule has 0 unspecified atom stereocenters. The van der Waals surface area contributed by atoms with Gasteiger partial charge in [0.2, 0.25) is 5.91 Å². The minimum Gasteiger partial charge on any atom is -0.354 e. The summed E-state index contributed by atoms with van der Waals surface area (Å²) in [6.07, 6.45) is 3.78. The molecular weight excluding hydrogens is 290 g/mol. The van der Waals surface area contributed by atoms with Gasteiger partial charge < -0.3 is 15.2 Å². The maximum absolute atomic E-state index is 12.7. The van der Waals surface area contributed by atoms with Gasteiger partial charge in [0.15, 0.2) is 0 Å². The van der Waals surface area contributed by atoms with E-state index in [2.05, 4.69) is 31.1 Å². The molecule has 0 bridgehead atoms. The van der Waals surface area contributed by atoms with Crippen LogP contribution in [0.5, 0.6) is 0 Å². The van der Waals surface area contributed by atoms with E-state index in [0.29, 0.717) is 24.7 Å². The van der Waals surface area contributed by atoms with Crippen molar-refractivity contribution in [2.45, 2.75) is 58.4 Å². The Hall–Kier alpha value is -1.78. The lowest BCUT2D eigenvalue weighted by atomic mass is 10.0. The number of H-pyrrole nitrogens is 1. The highest BCUT2D eigenvalue weighted by molar-refractivity contribution is 5.93. The molecule has 0 spiro atoms. The van der Waals surface area contributed by atoms with E-state index in [0.717, 1.165) is 31.4 Å². The molecule has 1 aliphatic heterocycles. The fourth-order valence-corrected chi connectivity index (χ4v) is 3.33. The molecule has 2 fully saturated rings. The Bertz CT molecular complexity index is 601. The normalized spacial score (nSPS) is 21.0. The van der Waals surface area contributed by atoms with E-state index >= 15 is 0 Å². The van der Waals surface area contributed by atoms with Crippen molar-refractivity contribution in [1.82, 2.24) is 15.2 Å². The molecule has 2 amide bonds. The van der Waals surface area contributed by atoms with Gasteiger partial charge in [-0.15, -0.1) is 0 Å². The maximum Gasteiger partial charge on any atom is 0.270 e. The molecule has 3 rings (SSSR count). The summed E-state index contributed by atoms with van der Waals surface area (Å²) in [6.45, 7) is 7.73. The number of rotatable bonds is 5. The standard InChI is InChI=1S/C18H27N3O2/c1-4-15-14(11(2)3)9-16(20-15)18(23)21-8-7-13(10-21)19-17(22)12-5-6-12/h9,11-13,20H,4-8,10H2,1-3H3,(H,19,22)/t13-/m0/s1. The third-order valence-corrected chi connectivity index (χ3v) is 4.91. The highest BCUT2D eigenvalue weighted by Crippen LogP contribution is 2.29. The lowest BCUT2D eigenvalue weighted by Gasteiger charge is -2.16. The number of nitrogens with one attached hydrogen (secondary N) is 2. The Labute approximate surface area is 137 Å². The summed E-state index contributed by atoms with van der Waals surface area (Å²) >= 11 is 0. The fourth-order valence-electron chi connectivity index (χ4n) is 3.33. The molecule has 1 atom stereocenters. The van der Waals surface area contributed by atoms with Crippen LogP contribution in [0, 0.1) is 5.92 Å². The van der Waals surface area contributed by atoms with Crippen LogP contribution in [0.4, 0.5) is 0 Å². The van der Waals surface area contributed by atoms with Crippen molar-refractivity contribution in [1.29, 1.82) is 0 Å². The molecule has 1 aliphatic carbocycles. The molecular formula is C18H27N3O2. The van der Waals surface area contributed by atoms with Crippen LogP contribution in [0.15, 0.2) is 6.07 Å². The number of aromatic nitrogens is 1. The van der Waals surface area contributed by atoms with Crippen molar-refractivity contribution in [2.24, 2.45) is 5.92 Å². The van der Waals surface area contributed by atoms with E-state index in [4.69, 9.17) is 0 Å². The number of aryl methyl sites for hydroxylation is 1. The van der Waals surface area contributed by atoms with E-state index < -0.39 is 0 Å². The first-order chi connectivity index (χ1) is 11.0. The van der Waals surface area contributed by atoms with Crippen molar-refractivity contribution >= 4 is 11.8 Å².